The van der Waals surface area contributed by atoms with Gasteiger partial charge in [0.25, 0.3) is 6.43 Å². The molecule has 0 aromatic heterocycles. The molecule has 1 N–H and O–H groups in total. The van der Waals surface area contributed by atoms with Crippen LogP contribution in [0, 0.1) is 0 Å². The third-order valence-electron chi connectivity index (χ3n) is 3.59. The average Bonchev–Trinajstić information content (AvgIpc) is 2.87. The molecule has 0 amide bonds. The van der Waals surface area contributed by atoms with E-state index in [1.165, 1.54) is 0 Å². The van der Waals surface area contributed by atoms with Gasteiger partial charge in [-0.3, -0.25) is 4.90 Å². The summed E-state index contributed by atoms with van der Waals surface area (Å²) in [5.74, 6) is 0.984. The maximum absolute atomic E-state index is 13.5. The average molecular weight is 378 g/mol. The standard InChI is InChI=1S/C13H15ClF2N2O2.2ClH/c14-9-6-11-10(19-7-20-11)5-8(9)12(13(15)16)18-3-1-17-2-4-18;;/h5-6,12-13,17H,1-4,7H2;2*1H/t12-;;/m0../s1. The minimum absolute atomic E-state index is 0. The highest BCUT2D eigenvalue weighted by Crippen LogP contribution is 2.41. The van der Waals surface area contributed by atoms with Crippen molar-refractivity contribution in [3.8, 4) is 11.5 Å². The van der Waals surface area contributed by atoms with E-state index < -0.39 is 12.5 Å². The van der Waals surface area contributed by atoms with Crippen LogP contribution < -0.4 is 14.8 Å². The Morgan fingerprint density at radius 3 is 2.27 bits per heavy atom. The molecule has 1 atom stereocenters. The van der Waals surface area contributed by atoms with E-state index in [0.717, 1.165) is 0 Å². The van der Waals surface area contributed by atoms with Crippen LogP contribution in [-0.4, -0.2) is 44.3 Å². The van der Waals surface area contributed by atoms with Crippen LogP contribution in [0.2, 0.25) is 5.02 Å². The van der Waals surface area contributed by atoms with E-state index in [4.69, 9.17) is 21.1 Å². The Morgan fingerprint density at radius 1 is 1.09 bits per heavy atom. The molecule has 3 rings (SSSR count). The highest BCUT2D eigenvalue weighted by atomic mass is 35.5. The van der Waals surface area contributed by atoms with Gasteiger partial charge in [0.2, 0.25) is 6.79 Å². The number of halogens is 5. The van der Waals surface area contributed by atoms with Crippen LogP contribution in [-0.2, 0) is 0 Å². The lowest BCUT2D eigenvalue weighted by molar-refractivity contribution is 0.0181. The van der Waals surface area contributed by atoms with Gasteiger partial charge in [0.05, 0.1) is 6.04 Å². The molecule has 1 fully saturated rings. The Labute approximate surface area is 144 Å². The second kappa shape index (κ2) is 8.36. The number of benzene rings is 1. The first-order valence-electron chi connectivity index (χ1n) is 6.49. The SMILES string of the molecule is Cl.Cl.FC(F)[C@H](c1cc2c(cc1Cl)OCO2)N1CCNCC1. The fourth-order valence-corrected chi connectivity index (χ4v) is 2.88. The van der Waals surface area contributed by atoms with Gasteiger partial charge in [0.1, 0.15) is 0 Å². The Bertz CT molecular complexity index is 502. The van der Waals surface area contributed by atoms with Crippen LogP contribution in [0.3, 0.4) is 0 Å². The topological polar surface area (TPSA) is 33.7 Å². The van der Waals surface area contributed by atoms with Crippen molar-refractivity contribution in [3.05, 3.63) is 22.7 Å². The summed E-state index contributed by atoms with van der Waals surface area (Å²) in [5.41, 5.74) is 0.396. The summed E-state index contributed by atoms with van der Waals surface area (Å²) in [5, 5.41) is 3.44. The van der Waals surface area contributed by atoms with Gasteiger partial charge in [0, 0.05) is 37.3 Å². The van der Waals surface area contributed by atoms with Crippen LogP contribution in [0.1, 0.15) is 11.6 Å². The molecule has 9 heteroatoms. The molecule has 0 aliphatic carbocycles. The van der Waals surface area contributed by atoms with Crippen molar-refractivity contribution in [1.29, 1.82) is 0 Å². The van der Waals surface area contributed by atoms with Gasteiger partial charge >= 0.3 is 0 Å². The molecule has 2 aliphatic heterocycles. The van der Waals surface area contributed by atoms with Crippen molar-refractivity contribution in [2.75, 3.05) is 33.0 Å². The van der Waals surface area contributed by atoms with Crippen LogP contribution in [0.4, 0.5) is 8.78 Å². The molecule has 0 bridgehead atoms. The highest BCUT2D eigenvalue weighted by Gasteiger charge is 2.33. The molecule has 1 saturated heterocycles. The molecule has 0 spiro atoms. The smallest absolute Gasteiger partial charge is 0.258 e. The number of piperazine rings is 1. The maximum Gasteiger partial charge on any atom is 0.258 e. The molecule has 126 valence electrons. The van der Waals surface area contributed by atoms with E-state index in [1.807, 2.05) is 0 Å². The molecule has 2 aliphatic rings. The molecule has 0 radical (unpaired) electrons. The number of nitrogens with one attached hydrogen (secondary N) is 1. The highest BCUT2D eigenvalue weighted by molar-refractivity contribution is 6.31. The second-order valence-corrected chi connectivity index (χ2v) is 5.20. The minimum Gasteiger partial charge on any atom is -0.454 e. The molecule has 1 aromatic carbocycles. The fraction of sp³-hybridized carbons (Fsp3) is 0.538. The molecule has 4 nitrogen and oxygen atoms in total. The number of rotatable bonds is 3. The first kappa shape index (κ1) is 19.5. The summed E-state index contributed by atoms with van der Waals surface area (Å²) in [7, 11) is 0. The van der Waals surface area contributed by atoms with Gasteiger partial charge in [-0.15, -0.1) is 24.8 Å². The lowest BCUT2D eigenvalue weighted by Crippen LogP contribution is -2.47. The largest absolute Gasteiger partial charge is 0.454 e. The van der Waals surface area contributed by atoms with E-state index in [0.29, 0.717) is 43.2 Å². The molecule has 1 aromatic rings. The predicted molar refractivity (Wildman–Crippen MR) is 85.3 cm³/mol. The lowest BCUT2D eigenvalue weighted by atomic mass is 10.0. The minimum atomic E-state index is -2.51. The maximum atomic E-state index is 13.5. The third-order valence-corrected chi connectivity index (χ3v) is 3.92. The zero-order chi connectivity index (χ0) is 14.1. The first-order valence-corrected chi connectivity index (χ1v) is 6.86. The fourth-order valence-electron chi connectivity index (χ4n) is 2.61. The lowest BCUT2D eigenvalue weighted by Gasteiger charge is -2.35. The number of hydrogen-bond acceptors (Lipinski definition) is 4. The summed E-state index contributed by atoms with van der Waals surface area (Å²) >= 11 is 6.15. The van der Waals surface area contributed by atoms with Crippen molar-refractivity contribution in [2.45, 2.75) is 12.5 Å². The van der Waals surface area contributed by atoms with Gasteiger partial charge in [-0.2, -0.15) is 0 Å². The van der Waals surface area contributed by atoms with Gasteiger partial charge in [-0.05, 0) is 11.6 Å². The van der Waals surface area contributed by atoms with Crippen LogP contribution in [0.5, 0.6) is 11.5 Å². The van der Waals surface area contributed by atoms with E-state index in [2.05, 4.69) is 5.32 Å². The van der Waals surface area contributed by atoms with Gasteiger partial charge in [0.15, 0.2) is 11.5 Å². The Hall–Kier alpha value is -0.530. The quantitative estimate of drug-likeness (QED) is 0.877. The molecular formula is C13H17Cl3F2N2O2. The van der Waals surface area contributed by atoms with E-state index in [1.54, 1.807) is 17.0 Å². The monoisotopic (exact) mass is 376 g/mol. The van der Waals surface area contributed by atoms with E-state index in [-0.39, 0.29) is 36.6 Å². The number of hydrogen-bond donors (Lipinski definition) is 1. The first-order chi connectivity index (χ1) is 9.66. The van der Waals surface area contributed by atoms with Gasteiger partial charge in [-0.25, -0.2) is 8.78 Å². The van der Waals surface area contributed by atoms with Crippen LogP contribution in [0.15, 0.2) is 12.1 Å². The molecular weight excluding hydrogens is 361 g/mol. The van der Waals surface area contributed by atoms with Gasteiger partial charge in [-0.1, -0.05) is 11.6 Å². The Morgan fingerprint density at radius 2 is 1.68 bits per heavy atom. The zero-order valence-electron chi connectivity index (χ0n) is 11.6. The number of fused-ring (bicyclic) bond motifs is 1. The number of ether oxygens (including phenoxy) is 2. The van der Waals surface area contributed by atoms with Crippen LogP contribution in [0.25, 0.3) is 0 Å². The molecule has 0 unspecified atom stereocenters. The summed E-state index contributed by atoms with van der Waals surface area (Å²) in [6.45, 7) is 2.64. The third kappa shape index (κ3) is 3.86. The molecule has 0 saturated carbocycles. The summed E-state index contributed by atoms with van der Waals surface area (Å²) in [4.78, 5) is 1.75. The van der Waals surface area contributed by atoms with E-state index in [9.17, 15) is 8.78 Å². The van der Waals surface area contributed by atoms with Crippen molar-refractivity contribution in [3.63, 3.8) is 0 Å². The summed E-state index contributed by atoms with van der Waals surface area (Å²) in [6.07, 6.45) is -2.51. The molecule has 2 heterocycles. The predicted octanol–water partition coefficient (Wildman–Crippen LogP) is 3.12. The normalized spacial score (nSPS) is 18.5. The molecule has 22 heavy (non-hydrogen) atoms. The summed E-state index contributed by atoms with van der Waals surface area (Å²) < 4.78 is 37.5. The Balaban J connectivity index is 0.00000121. The van der Waals surface area contributed by atoms with E-state index >= 15 is 0 Å². The van der Waals surface area contributed by atoms with Crippen molar-refractivity contribution in [1.82, 2.24) is 10.2 Å². The summed E-state index contributed by atoms with van der Waals surface area (Å²) in [6, 6.07) is 2.11. The number of alkyl halides is 2. The van der Waals surface area contributed by atoms with Crippen LogP contribution >= 0.6 is 36.4 Å². The van der Waals surface area contributed by atoms with Crippen molar-refractivity contribution in [2.24, 2.45) is 0 Å². The van der Waals surface area contributed by atoms with Crippen molar-refractivity contribution >= 4 is 36.4 Å². The second-order valence-electron chi connectivity index (χ2n) is 4.79. The van der Waals surface area contributed by atoms with Crippen molar-refractivity contribution < 1.29 is 18.3 Å². The number of nitrogens with zero attached hydrogens (tertiary/aromatic N) is 1. The Kier molecular flexibility index (Phi) is 7.41. The van der Waals surface area contributed by atoms with Gasteiger partial charge < -0.3 is 14.8 Å². The zero-order valence-corrected chi connectivity index (χ0v) is 13.9.